The van der Waals surface area contributed by atoms with Crippen LogP contribution in [-0.4, -0.2) is 95.6 Å². The van der Waals surface area contributed by atoms with E-state index in [-0.39, 0.29) is 75.7 Å². The molecule has 2 saturated heterocycles. The average molecular weight is 973 g/mol. The number of phenolic OH excluding ortho intramolecular Hbond substituents is 1. The Hall–Kier alpha value is -6.69. The number of aromatic nitrogens is 4. The second kappa shape index (κ2) is 20.4. The van der Waals surface area contributed by atoms with Gasteiger partial charge in [0, 0.05) is 33.6 Å². The van der Waals surface area contributed by atoms with Crippen molar-refractivity contribution >= 4 is 76.2 Å². The van der Waals surface area contributed by atoms with Gasteiger partial charge in [-0.25, -0.2) is 0 Å². The van der Waals surface area contributed by atoms with Crippen LogP contribution in [0.1, 0.15) is 54.2 Å². The Morgan fingerprint density at radius 2 is 1.18 bits per heavy atom. The Labute approximate surface area is 392 Å². The number of nitrogen functional groups attached to an aromatic ring is 2. The number of nitrogens with two attached hydrogens (primary N) is 2. The van der Waals surface area contributed by atoms with Crippen molar-refractivity contribution in [2.45, 2.75) is 63.8 Å². The lowest BCUT2D eigenvalue weighted by Gasteiger charge is -2.12. The van der Waals surface area contributed by atoms with E-state index < -0.39 is 15.7 Å². The molecular weight excluding hydrogens is 925 g/mol. The van der Waals surface area contributed by atoms with Gasteiger partial charge in [-0.15, -0.1) is 22.7 Å². The Morgan fingerprint density at radius 3 is 1.61 bits per heavy atom. The average Bonchev–Trinajstić information content (AvgIpc) is 4.22. The van der Waals surface area contributed by atoms with E-state index in [9.17, 15) is 32.7 Å². The van der Waals surface area contributed by atoms with Crippen LogP contribution in [0.4, 0.5) is 10.0 Å². The van der Waals surface area contributed by atoms with E-state index in [1.165, 1.54) is 39.5 Å². The Balaban J connectivity index is 0.000000156. The minimum atomic E-state index is -3.61. The number of carbonyl (C=O) groups is 2. The van der Waals surface area contributed by atoms with Crippen molar-refractivity contribution in [3.8, 4) is 22.9 Å². The van der Waals surface area contributed by atoms with Crippen LogP contribution < -0.4 is 38.0 Å². The van der Waals surface area contributed by atoms with Crippen LogP contribution in [0.25, 0.3) is 32.9 Å². The highest BCUT2D eigenvalue weighted by molar-refractivity contribution is 7.86. The van der Waals surface area contributed by atoms with Gasteiger partial charge in [-0.3, -0.25) is 23.4 Å². The minimum absolute atomic E-state index is 0.0507. The smallest absolute Gasteiger partial charge is 0.297 e. The molecule has 3 aromatic carbocycles. The van der Waals surface area contributed by atoms with Crippen molar-refractivity contribution in [2.24, 2.45) is 0 Å². The quantitative estimate of drug-likeness (QED) is 0.0758. The van der Waals surface area contributed by atoms with Crippen LogP contribution in [0, 0.1) is 6.92 Å². The summed E-state index contributed by atoms with van der Waals surface area (Å²) >= 11 is 2.41. The predicted octanol–water partition coefficient (Wildman–Crippen LogP) is 4.92. The molecule has 2 unspecified atom stereocenters. The zero-order chi connectivity index (χ0) is 48.2. The molecule has 2 aliphatic heterocycles. The summed E-state index contributed by atoms with van der Waals surface area (Å²) in [6.45, 7) is 11.2. The summed E-state index contributed by atoms with van der Waals surface area (Å²) in [5, 5.41) is 29.1. The number of carbonyl (C=O) groups excluding carboxylic acids is 2. The van der Waals surface area contributed by atoms with Crippen LogP contribution in [0.2, 0.25) is 0 Å². The molecule has 2 aliphatic rings. The van der Waals surface area contributed by atoms with Gasteiger partial charge >= 0.3 is 0 Å². The predicted molar refractivity (Wildman–Crippen MR) is 255 cm³/mol. The lowest BCUT2D eigenvalue weighted by atomic mass is 10.2. The molecule has 6 heterocycles. The monoisotopic (exact) mass is 972 g/mol. The van der Waals surface area contributed by atoms with Crippen molar-refractivity contribution in [3.05, 3.63) is 121 Å². The van der Waals surface area contributed by atoms with E-state index in [1.54, 1.807) is 71.4 Å². The highest BCUT2D eigenvalue weighted by Crippen LogP contribution is 2.29. The number of benzene rings is 3. The molecule has 2 fully saturated rings. The maximum atomic E-state index is 13.0. The first-order valence-corrected chi connectivity index (χ1v) is 24.0. The number of ether oxygens (including phenoxy) is 3. The highest BCUT2D eigenvalue weighted by atomic mass is 32.2. The van der Waals surface area contributed by atoms with E-state index >= 15 is 0 Å². The molecule has 22 heteroatoms. The number of fused-ring (bicyclic) bond motifs is 2. The summed E-state index contributed by atoms with van der Waals surface area (Å²) in [7, 11) is -3.61. The molecule has 352 valence electrons. The van der Waals surface area contributed by atoms with E-state index in [0.717, 1.165) is 16.9 Å². The Bertz CT molecular complexity index is 3140. The van der Waals surface area contributed by atoms with Crippen molar-refractivity contribution in [3.63, 3.8) is 0 Å². The highest BCUT2D eigenvalue weighted by Gasteiger charge is 2.27. The second-order valence-electron chi connectivity index (χ2n) is 15.9. The van der Waals surface area contributed by atoms with E-state index in [2.05, 4.69) is 20.8 Å². The molecule has 0 bridgehead atoms. The van der Waals surface area contributed by atoms with Crippen molar-refractivity contribution in [2.75, 3.05) is 37.9 Å². The van der Waals surface area contributed by atoms with Gasteiger partial charge in [0.05, 0.1) is 56.9 Å². The van der Waals surface area contributed by atoms with Gasteiger partial charge in [0.2, 0.25) is 0 Å². The third-order valence-corrected chi connectivity index (χ3v) is 12.7. The van der Waals surface area contributed by atoms with E-state index in [0.29, 0.717) is 56.5 Å². The van der Waals surface area contributed by atoms with Crippen LogP contribution in [-0.2, 0) is 23.8 Å². The fourth-order valence-electron chi connectivity index (χ4n) is 6.23. The number of rotatable bonds is 13. The Kier molecular flexibility index (Phi) is 14.7. The first-order valence-electron chi connectivity index (χ1n) is 20.8. The lowest BCUT2D eigenvalue weighted by molar-refractivity contribution is 0.0929. The second-order valence-corrected chi connectivity index (χ2v) is 19.4. The molecule has 0 saturated carbocycles. The number of aryl methyl sites for hydroxylation is 1. The third-order valence-electron chi connectivity index (χ3n) is 9.77. The standard InChI is InChI=1S/C19H20N4O4S.C16H16N4O3S.C10H12O4S/c1-10(2)21-18(24)16-14-9-28-17(20)15(14)19(25)23(22-16)11-3-5-12(6-4-11)26-7-13-8-27-13;1-8(2)18-15(22)13-11-7-24-14(17)12(11)16(23)20(19-13)9-3-5-10(21)6-4-9;1-8-2-4-10(5-3-8)15(11,12)14-7-9-6-13-9/h3-6,9-10,13H,7-8,20H2,1-2H3,(H,21,24);3-8,21H,17H2,1-2H3,(H,18,22);2-5,9H,6-7H2,1H3. The van der Waals surface area contributed by atoms with Crippen LogP contribution in [0.15, 0.2) is 98.0 Å². The fourth-order valence-corrected chi connectivity index (χ4v) is 8.74. The van der Waals surface area contributed by atoms with Gasteiger partial charge < -0.3 is 41.4 Å². The number of phenols is 1. The third kappa shape index (κ3) is 11.8. The zero-order valence-corrected chi connectivity index (χ0v) is 39.4. The summed E-state index contributed by atoms with van der Waals surface area (Å²) in [5.74, 6) is 0.0122. The molecule has 7 N–H and O–H groups in total. The number of epoxide rings is 2. The molecule has 0 aliphatic carbocycles. The van der Waals surface area contributed by atoms with Crippen molar-refractivity contribution < 1.29 is 41.5 Å². The van der Waals surface area contributed by atoms with Gasteiger partial charge in [-0.1, -0.05) is 17.7 Å². The van der Waals surface area contributed by atoms with E-state index in [4.69, 9.17) is 29.9 Å². The van der Waals surface area contributed by atoms with Crippen molar-refractivity contribution in [1.82, 2.24) is 30.2 Å². The summed E-state index contributed by atoms with van der Waals surface area (Å²) in [5.41, 5.74) is 13.4. The van der Waals surface area contributed by atoms with Crippen LogP contribution in [0.5, 0.6) is 11.5 Å². The number of amides is 2. The molecular formula is C45H48N8O11S3. The molecule has 0 spiro atoms. The molecule has 2 atom stereocenters. The molecule has 9 rings (SSSR count). The minimum Gasteiger partial charge on any atom is -0.508 e. The van der Waals surface area contributed by atoms with Crippen LogP contribution in [0.3, 0.4) is 0 Å². The lowest BCUT2D eigenvalue weighted by Crippen LogP contribution is -2.33. The number of hydrogen-bond acceptors (Lipinski definition) is 17. The largest absolute Gasteiger partial charge is 0.508 e. The number of nitrogens with zero attached hydrogens (tertiary/aromatic N) is 4. The normalized spacial score (nSPS) is 15.1. The van der Waals surface area contributed by atoms with E-state index in [1.807, 2.05) is 34.6 Å². The summed E-state index contributed by atoms with van der Waals surface area (Å²) in [4.78, 5) is 51.0. The Morgan fingerprint density at radius 1 is 0.746 bits per heavy atom. The fraction of sp³-hybridized carbons (Fsp3) is 0.289. The molecule has 7 aromatic rings. The first kappa shape index (κ1) is 48.2. The van der Waals surface area contributed by atoms with Gasteiger partial charge in [0.25, 0.3) is 33.1 Å². The summed E-state index contributed by atoms with van der Waals surface area (Å²) in [6.07, 6.45) is 0.111. The number of nitrogens with one attached hydrogen (secondary N) is 2. The zero-order valence-electron chi connectivity index (χ0n) is 36.9. The maximum absolute atomic E-state index is 13.0. The summed E-state index contributed by atoms with van der Waals surface area (Å²) in [6, 6.07) is 19.3. The van der Waals surface area contributed by atoms with Crippen LogP contribution >= 0.6 is 22.7 Å². The number of hydrogen-bond donors (Lipinski definition) is 5. The number of thiophene rings is 2. The first-order chi connectivity index (χ1) is 31.9. The topological polar surface area (TPSA) is 278 Å². The van der Waals surface area contributed by atoms with Gasteiger partial charge in [-0.2, -0.15) is 28.0 Å². The maximum Gasteiger partial charge on any atom is 0.297 e. The molecule has 67 heavy (non-hydrogen) atoms. The SMILES string of the molecule is CC(C)NC(=O)c1nn(-c2ccc(O)cc2)c(=O)c2c(N)scc12.CC(C)NC(=O)c1nn(-c2ccc(OCC3CO3)cc2)c(=O)c2c(N)scc12.Cc1ccc(S(=O)(=O)OCC2CO2)cc1. The van der Waals surface area contributed by atoms with Gasteiger partial charge in [0.15, 0.2) is 11.4 Å². The van der Waals surface area contributed by atoms with Gasteiger partial charge in [0.1, 0.15) is 30.3 Å². The molecule has 0 radical (unpaired) electrons. The summed E-state index contributed by atoms with van der Waals surface area (Å²) < 4.78 is 46.0. The molecule has 2 amide bonds. The number of aromatic hydroxyl groups is 1. The number of anilines is 2. The molecule has 4 aromatic heterocycles. The van der Waals surface area contributed by atoms with Crippen molar-refractivity contribution in [1.29, 1.82) is 0 Å². The molecule has 19 nitrogen and oxygen atoms in total. The van der Waals surface area contributed by atoms with Gasteiger partial charge in [-0.05, 0) is 95.3 Å².